The van der Waals surface area contributed by atoms with E-state index in [1.165, 1.54) is 13.2 Å². The number of amides is 1. The molecule has 8 heteroatoms. The number of rotatable bonds is 7. The van der Waals surface area contributed by atoms with Crippen molar-refractivity contribution in [2.75, 3.05) is 13.7 Å². The Labute approximate surface area is 123 Å². The van der Waals surface area contributed by atoms with Crippen LogP contribution in [0.3, 0.4) is 0 Å². The lowest BCUT2D eigenvalue weighted by Gasteiger charge is -2.12. The Bertz CT molecular complexity index is 452. The van der Waals surface area contributed by atoms with Crippen LogP contribution in [0.1, 0.15) is 12.0 Å². The summed E-state index contributed by atoms with van der Waals surface area (Å²) in [7, 11) is 1.48. The Morgan fingerprint density at radius 1 is 1.50 bits per heavy atom. The molecule has 0 spiro atoms. The Morgan fingerprint density at radius 3 is 2.70 bits per heavy atom. The molecule has 0 aliphatic carbocycles. The maximum Gasteiger partial charge on any atom is 0.274 e. The van der Waals surface area contributed by atoms with Crippen LogP contribution in [0.25, 0.3) is 0 Å². The average molecular weight is 304 g/mol. The lowest BCUT2D eigenvalue weighted by atomic mass is 10.1. The van der Waals surface area contributed by atoms with Crippen LogP contribution >= 0.6 is 12.4 Å². The number of methoxy groups -OCH3 is 1. The highest BCUT2D eigenvalue weighted by Gasteiger charge is 2.15. The molecule has 1 amide bonds. The molecule has 0 heterocycles. The van der Waals surface area contributed by atoms with Crippen molar-refractivity contribution in [3.8, 4) is 0 Å². The van der Waals surface area contributed by atoms with Gasteiger partial charge in [0.25, 0.3) is 5.69 Å². The van der Waals surface area contributed by atoms with E-state index in [9.17, 15) is 14.9 Å². The zero-order valence-corrected chi connectivity index (χ0v) is 11.9. The topological polar surface area (TPSA) is 107 Å². The molecule has 0 aliphatic heterocycles. The molecule has 0 fully saturated rings. The molecule has 7 nitrogen and oxygen atoms in total. The Hall–Kier alpha value is -1.70. The van der Waals surface area contributed by atoms with Gasteiger partial charge in [-0.05, 0) is 0 Å². The fourth-order valence-electron chi connectivity index (χ4n) is 1.57. The number of carbonyl (C=O) groups excluding carboxylic acids is 1. The van der Waals surface area contributed by atoms with E-state index in [0.717, 1.165) is 0 Å². The summed E-state index contributed by atoms with van der Waals surface area (Å²) in [5, 5.41) is 13.4. The molecule has 1 aromatic rings. The number of nitro benzene ring substituents is 1. The highest BCUT2D eigenvalue weighted by Crippen LogP contribution is 2.17. The second-order valence-electron chi connectivity index (χ2n) is 3.96. The molecule has 0 aliphatic rings. The van der Waals surface area contributed by atoms with Gasteiger partial charge in [0.2, 0.25) is 5.91 Å². The number of nitrogens with one attached hydrogen (secondary N) is 1. The number of benzene rings is 1. The Morgan fingerprint density at radius 2 is 2.15 bits per heavy atom. The summed E-state index contributed by atoms with van der Waals surface area (Å²) >= 11 is 0. The van der Waals surface area contributed by atoms with Crippen molar-refractivity contribution in [3.05, 3.63) is 39.9 Å². The van der Waals surface area contributed by atoms with Crippen molar-refractivity contribution < 1.29 is 14.5 Å². The fourth-order valence-corrected chi connectivity index (χ4v) is 1.57. The van der Waals surface area contributed by atoms with Gasteiger partial charge in [0, 0.05) is 31.8 Å². The van der Waals surface area contributed by atoms with Crippen LogP contribution < -0.4 is 11.1 Å². The first-order valence-electron chi connectivity index (χ1n) is 5.80. The minimum Gasteiger partial charge on any atom is -0.380 e. The van der Waals surface area contributed by atoms with Crippen LogP contribution in [0.15, 0.2) is 24.3 Å². The van der Waals surface area contributed by atoms with Crippen LogP contribution in [-0.2, 0) is 16.1 Å². The molecular formula is C12H18ClN3O4. The van der Waals surface area contributed by atoms with E-state index in [-0.39, 0.29) is 49.6 Å². The van der Waals surface area contributed by atoms with Crippen molar-refractivity contribution >= 4 is 24.0 Å². The maximum absolute atomic E-state index is 11.6. The van der Waals surface area contributed by atoms with E-state index in [0.29, 0.717) is 5.56 Å². The third-order valence-electron chi connectivity index (χ3n) is 2.67. The molecule has 0 aromatic heterocycles. The number of carbonyl (C=O) groups is 1. The standard InChI is InChI=1S/C12H17N3O4.ClH/c1-19-10(7-13)6-12(16)14-8-9-4-2-3-5-11(9)15(17)18;/h2-5,10H,6-8,13H2,1H3,(H,14,16);1H. The summed E-state index contributed by atoms with van der Waals surface area (Å²) in [6.45, 7) is 0.354. The van der Waals surface area contributed by atoms with Gasteiger partial charge in [-0.15, -0.1) is 12.4 Å². The molecule has 20 heavy (non-hydrogen) atoms. The summed E-state index contributed by atoms with van der Waals surface area (Å²) in [5.41, 5.74) is 5.86. The maximum atomic E-state index is 11.6. The number of nitro groups is 1. The lowest BCUT2D eigenvalue weighted by Crippen LogP contribution is -2.32. The predicted molar refractivity (Wildman–Crippen MR) is 76.7 cm³/mol. The van der Waals surface area contributed by atoms with Gasteiger partial charge < -0.3 is 15.8 Å². The summed E-state index contributed by atoms with van der Waals surface area (Å²) in [6.07, 6.45) is -0.209. The predicted octanol–water partition coefficient (Wildman–Crippen LogP) is 0.997. The monoisotopic (exact) mass is 303 g/mol. The first-order valence-corrected chi connectivity index (χ1v) is 5.80. The molecule has 1 unspecified atom stereocenters. The fraction of sp³-hybridized carbons (Fsp3) is 0.417. The first-order chi connectivity index (χ1) is 9.08. The van der Waals surface area contributed by atoms with E-state index in [1.54, 1.807) is 18.2 Å². The third-order valence-corrected chi connectivity index (χ3v) is 2.67. The van der Waals surface area contributed by atoms with Gasteiger partial charge in [-0.1, -0.05) is 18.2 Å². The van der Waals surface area contributed by atoms with Crippen LogP contribution in [0.5, 0.6) is 0 Å². The van der Waals surface area contributed by atoms with E-state index in [1.807, 2.05) is 0 Å². The zero-order valence-electron chi connectivity index (χ0n) is 11.1. The summed E-state index contributed by atoms with van der Waals surface area (Å²) in [4.78, 5) is 21.9. The van der Waals surface area contributed by atoms with Crippen molar-refractivity contribution in [1.82, 2.24) is 5.32 Å². The molecule has 0 saturated carbocycles. The van der Waals surface area contributed by atoms with Gasteiger partial charge >= 0.3 is 0 Å². The van der Waals surface area contributed by atoms with Gasteiger partial charge in [-0.2, -0.15) is 0 Å². The molecule has 1 aromatic carbocycles. The van der Waals surface area contributed by atoms with Crippen molar-refractivity contribution in [2.45, 2.75) is 19.1 Å². The van der Waals surface area contributed by atoms with Gasteiger partial charge in [0.05, 0.1) is 17.4 Å². The van der Waals surface area contributed by atoms with E-state index in [4.69, 9.17) is 10.5 Å². The number of nitrogens with zero attached hydrogens (tertiary/aromatic N) is 1. The van der Waals surface area contributed by atoms with E-state index < -0.39 is 4.92 Å². The number of hydrogen-bond donors (Lipinski definition) is 2. The molecule has 3 N–H and O–H groups in total. The molecule has 112 valence electrons. The van der Waals surface area contributed by atoms with Crippen molar-refractivity contribution in [1.29, 1.82) is 0 Å². The number of nitrogens with two attached hydrogens (primary N) is 1. The lowest BCUT2D eigenvalue weighted by molar-refractivity contribution is -0.385. The smallest absolute Gasteiger partial charge is 0.274 e. The number of halogens is 1. The third kappa shape index (κ3) is 5.52. The largest absolute Gasteiger partial charge is 0.380 e. The van der Waals surface area contributed by atoms with E-state index >= 15 is 0 Å². The quantitative estimate of drug-likeness (QED) is 0.577. The van der Waals surface area contributed by atoms with Crippen molar-refractivity contribution in [3.63, 3.8) is 0 Å². The summed E-state index contributed by atoms with van der Waals surface area (Å²) < 4.78 is 4.99. The second-order valence-corrected chi connectivity index (χ2v) is 3.96. The molecule has 0 radical (unpaired) electrons. The van der Waals surface area contributed by atoms with Crippen molar-refractivity contribution in [2.24, 2.45) is 5.73 Å². The Kier molecular flexibility index (Phi) is 8.46. The van der Waals surface area contributed by atoms with Gasteiger partial charge in [-0.3, -0.25) is 14.9 Å². The Balaban J connectivity index is 0.00000361. The van der Waals surface area contributed by atoms with Gasteiger partial charge in [0.15, 0.2) is 0 Å². The summed E-state index contributed by atoms with van der Waals surface area (Å²) in [5.74, 6) is -0.254. The molecular weight excluding hydrogens is 286 g/mol. The zero-order chi connectivity index (χ0) is 14.3. The molecule has 0 bridgehead atoms. The number of hydrogen-bond acceptors (Lipinski definition) is 5. The van der Waals surface area contributed by atoms with Crippen LogP contribution in [0, 0.1) is 10.1 Å². The van der Waals surface area contributed by atoms with E-state index in [2.05, 4.69) is 5.32 Å². The minimum absolute atomic E-state index is 0. The number of ether oxygens (including phenoxy) is 1. The summed E-state index contributed by atoms with van der Waals surface area (Å²) in [6, 6.07) is 6.28. The van der Waals surface area contributed by atoms with Gasteiger partial charge in [0.1, 0.15) is 0 Å². The number of para-hydroxylation sites is 1. The molecule has 1 atom stereocenters. The van der Waals surface area contributed by atoms with Crippen LogP contribution in [0.2, 0.25) is 0 Å². The normalized spacial score (nSPS) is 11.3. The molecule has 0 saturated heterocycles. The highest BCUT2D eigenvalue weighted by molar-refractivity contribution is 5.85. The molecule has 1 rings (SSSR count). The van der Waals surface area contributed by atoms with Crippen LogP contribution in [0.4, 0.5) is 5.69 Å². The minimum atomic E-state index is -0.473. The van der Waals surface area contributed by atoms with Gasteiger partial charge in [-0.25, -0.2) is 0 Å². The SMILES string of the molecule is COC(CN)CC(=O)NCc1ccccc1[N+](=O)[O-].Cl. The highest BCUT2D eigenvalue weighted by atomic mass is 35.5. The second kappa shape index (κ2) is 9.24. The van der Waals surface area contributed by atoms with Crippen LogP contribution in [-0.4, -0.2) is 30.6 Å². The first kappa shape index (κ1) is 18.3. The average Bonchev–Trinajstić information content (AvgIpc) is 2.42.